The van der Waals surface area contributed by atoms with Crippen molar-refractivity contribution < 1.29 is 24.2 Å². The number of carbonyl (C=O) groups excluding carboxylic acids is 3. The van der Waals surface area contributed by atoms with Crippen LogP contribution < -0.4 is 10.4 Å². The number of carbonyl (C=O) groups is 3. The number of ether oxygens (including phenoxy) is 1. The topological polar surface area (TPSA) is 98.8 Å². The monoisotopic (exact) mass is 399 g/mol. The fourth-order valence-electron chi connectivity index (χ4n) is 2.78. The van der Waals surface area contributed by atoms with Gasteiger partial charge in [-0.2, -0.15) is 0 Å². The van der Waals surface area contributed by atoms with Crippen molar-refractivity contribution in [3.63, 3.8) is 0 Å². The van der Waals surface area contributed by atoms with Crippen LogP contribution >= 0.6 is 23.2 Å². The van der Waals surface area contributed by atoms with E-state index in [1.807, 2.05) is 0 Å². The first-order chi connectivity index (χ1) is 12.3. The first-order valence-corrected chi connectivity index (χ1v) is 8.54. The Labute approximate surface area is 160 Å². The van der Waals surface area contributed by atoms with Crippen LogP contribution in [0.3, 0.4) is 0 Å². The smallest absolute Gasteiger partial charge is 0.337 e. The average Bonchev–Trinajstić information content (AvgIpc) is 2.59. The predicted octanol–water partition coefficient (Wildman–Crippen LogP) is 2.04. The number of urea groups is 1. The summed E-state index contributed by atoms with van der Waals surface area (Å²) in [6.07, 6.45) is -0.0156. The van der Waals surface area contributed by atoms with Crippen molar-refractivity contribution >= 4 is 41.2 Å². The van der Waals surface area contributed by atoms with E-state index >= 15 is 0 Å². The molecule has 1 heterocycles. The lowest BCUT2D eigenvalue weighted by molar-refractivity contribution is -0.305. The number of nitrogens with one attached hydrogen (secondary N) is 1. The summed E-state index contributed by atoms with van der Waals surface area (Å²) in [5, 5.41) is 13.8. The van der Waals surface area contributed by atoms with E-state index in [0.717, 1.165) is 0 Å². The molecule has 0 radical (unpaired) electrons. The van der Waals surface area contributed by atoms with E-state index in [-0.39, 0.29) is 35.0 Å². The van der Waals surface area contributed by atoms with Crippen LogP contribution in [0.2, 0.25) is 10.0 Å². The number of amides is 2. The molecule has 0 saturated carbocycles. The van der Waals surface area contributed by atoms with Crippen LogP contribution in [0.5, 0.6) is 0 Å². The summed E-state index contributed by atoms with van der Waals surface area (Å²) in [7, 11) is 1.23. The molecule has 26 heavy (non-hydrogen) atoms. The molecule has 1 atom stereocenters. The van der Waals surface area contributed by atoms with Gasteiger partial charge in [0, 0.05) is 18.2 Å². The Morgan fingerprint density at radius 1 is 1.35 bits per heavy atom. The minimum Gasteiger partial charge on any atom is -0.550 e. The highest BCUT2D eigenvalue weighted by Crippen LogP contribution is 2.37. The molecule has 0 unspecified atom stereocenters. The molecule has 1 N–H and O–H groups in total. The SMILES string of the molecule is COC(=O)C1=C(C)N(CCCC(=O)[O-])C(=O)N[C@H]1c1cccc(Cl)c1Cl. The van der Waals surface area contributed by atoms with Crippen molar-refractivity contribution in [1.29, 1.82) is 0 Å². The number of rotatable bonds is 6. The number of esters is 1. The Balaban J connectivity index is 2.46. The number of aliphatic carboxylic acids is 1. The maximum Gasteiger partial charge on any atom is 0.337 e. The van der Waals surface area contributed by atoms with E-state index in [2.05, 4.69) is 5.32 Å². The lowest BCUT2D eigenvalue weighted by Crippen LogP contribution is -2.48. The largest absolute Gasteiger partial charge is 0.550 e. The van der Waals surface area contributed by atoms with Gasteiger partial charge in [-0.15, -0.1) is 0 Å². The number of halogens is 2. The maximum atomic E-state index is 12.5. The second-order valence-electron chi connectivity index (χ2n) is 5.64. The lowest BCUT2D eigenvalue weighted by Gasteiger charge is -2.35. The Morgan fingerprint density at radius 3 is 2.65 bits per heavy atom. The average molecular weight is 400 g/mol. The Kier molecular flexibility index (Phi) is 6.50. The van der Waals surface area contributed by atoms with Crippen LogP contribution in [-0.2, 0) is 14.3 Å². The van der Waals surface area contributed by atoms with Crippen LogP contribution in [0.1, 0.15) is 31.4 Å². The van der Waals surface area contributed by atoms with E-state index in [9.17, 15) is 19.5 Å². The predicted molar refractivity (Wildman–Crippen MR) is 93.4 cm³/mol. The standard InChI is InChI=1S/C17H18Cl2N2O5/c1-9-13(16(24)26-2)15(10-5-3-6-11(18)14(10)19)20-17(25)21(9)8-4-7-12(22)23/h3,5-6,15H,4,7-8H2,1-2H3,(H,20,25)(H,22,23)/p-1/t15-/m0/s1. The van der Waals surface area contributed by atoms with E-state index in [1.54, 1.807) is 25.1 Å². The van der Waals surface area contributed by atoms with Crippen LogP contribution in [0.15, 0.2) is 29.5 Å². The fraction of sp³-hybridized carbons (Fsp3) is 0.353. The van der Waals surface area contributed by atoms with Gasteiger partial charge < -0.3 is 20.0 Å². The van der Waals surface area contributed by atoms with E-state index in [0.29, 0.717) is 11.3 Å². The van der Waals surface area contributed by atoms with Crippen molar-refractivity contribution in [2.24, 2.45) is 0 Å². The van der Waals surface area contributed by atoms with Gasteiger partial charge in [0.05, 0.1) is 28.8 Å². The Morgan fingerprint density at radius 2 is 2.04 bits per heavy atom. The Hall–Kier alpha value is -2.25. The van der Waals surface area contributed by atoms with Crippen molar-refractivity contribution in [3.8, 4) is 0 Å². The molecule has 0 spiro atoms. The number of allylic oxidation sites excluding steroid dienone is 1. The van der Waals surface area contributed by atoms with Gasteiger partial charge >= 0.3 is 12.0 Å². The summed E-state index contributed by atoms with van der Waals surface area (Å²) in [5.41, 5.74) is 1.02. The summed E-state index contributed by atoms with van der Waals surface area (Å²) in [5.74, 6) is -1.84. The Bertz CT molecular complexity index is 778. The van der Waals surface area contributed by atoms with Gasteiger partial charge in [-0.3, -0.25) is 4.90 Å². The molecule has 1 aliphatic rings. The molecule has 0 aliphatic carbocycles. The lowest BCUT2D eigenvalue weighted by atomic mass is 9.94. The normalized spacial score (nSPS) is 17.2. The van der Waals surface area contributed by atoms with Crippen molar-refractivity contribution in [3.05, 3.63) is 45.1 Å². The molecule has 1 aliphatic heterocycles. The first-order valence-electron chi connectivity index (χ1n) is 7.78. The summed E-state index contributed by atoms with van der Waals surface area (Å²) in [6, 6.07) is 3.60. The quantitative estimate of drug-likeness (QED) is 0.737. The summed E-state index contributed by atoms with van der Waals surface area (Å²) in [4.78, 5) is 36.7. The van der Waals surface area contributed by atoms with Crippen molar-refractivity contribution in [2.75, 3.05) is 13.7 Å². The summed E-state index contributed by atoms with van der Waals surface area (Å²) >= 11 is 12.3. The van der Waals surface area contributed by atoms with Gasteiger partial charge in [0.15, 0.2) is 0 Å². The number of hydrogen-bond acceptors (Lipinski definition) is 5. The number of nitrogens with zero attached hydrogens (tertiary/aromatic N) is 1. The molecule has 9 heteroatoms. The highest BCUT2D eigenvalue weighted by atomic mass is 35.5. The zero-order valence-electron chi connectivity index (χ0n) is 14.2. The van der Waals surface area contributed by atoms with Crippen LogP contribution in [0, 0.1) is 0 Å². The first kappa shape index (κ1) is 20.1. The molecule has 2 amide bonds. The molecule has 2 rings (SSSR count). The second-order valence-corrected chi connectivity index (χ2v) is 6.43. The zero-order chi connectivity index (χ0) is 19.4. The van der Waals surface area contributed by atoms with Crippen molar-refractivity contribution in [1.82, 2.24) is 10.2 Å². The van der Waals surface area contributed by atoms with Gasteiger partial charge in [0.2, 0.25) is 0 Å². The number of hydrogen-bond donors (Lipinski definition) is 1. The second kappa shape index (κ2) is 8.42. The molecule has 0 saturated heterocycles. The van der Waals surface area contributed by atoms with Crippen LogP contribution in [0.25, 0.3) is 0 Å². The maximum absolute atomic E-state index is 12.5. The van der Waals surface area contributed by atoms with Gasteiger partial charge in [0.25, 0.3) is 0 Å². The van der Waals surface area contributed by atoms with Gasteiger partial charge in [0.1, 0.15) is 0 Å². The molecular formula is C17H17Cl2N2O5-. The molecule has 0 fully saturated rings. The summed E-state index contributed by atoms with van der Waals surface area (Å²) < 4.78 is 4.85. The third kappa shape index (κ3) is 4.11. The van der Waals surface area contributed by atoms with Crippen LogP contribution in [-0.4, -0.2) is 36.5 Å². The molecule has 0 aromatic heterocycles. The third-order valence-corrected chi connectivity index (χ3v) is 4.89. The fourth-order valence-corrected chi connectivity index (χ4v) is 3.20. The minimum atomic E-state index is -1.21. The van der Waals surface area contributed by atoms with E-state index in [4.69, 9.17) is 27.9 Å². The van der Waals surface area contributed by atoms with E-state index < -0.39 is 24.0 Å². The molecule has 7 nitrogen and oxygen atoms in total. The highest BCUT2D eigenvalue weighted by Gasteiger charge is 2.37. The van der Waals surface area contributed by atoms with Gasteiger partial charge in [-0.25, -0.2) is 9.59 Å². The number of carboxylic acid groups (broad SMARTS) is 1. The molecule has 0 bridgehead atoms. The highest BCUT2D eigenvalue weighted by molar-refractivity contribution is 6.42. The summed E-state index contributed by atoms with van der Waals surface area (Å²) in [6.45, 7) is 1.71. The number of carboxylic acids is 1. The molecule has 140 valence electrons. The minimum absolute atomic E-state index is 0.113. The van der Waals surface area contributed by atoms with Crippen molar-refractivity contribution in [2.45, 2.75) is 25.8 Å². The van der Waals surface area contributed by atoms with Crippen LogP contribution in [0.4, 0.5) is 4.79 Å². The molecule has 1 aromatic carbocycles. The third-order valence-electron chi connectivity index (χ3n) is 4.06. The molecule has 1 aromatic rings. The zero-order valence-corrected chi connectivity index (χ0v) is 15.7. The number of methoxy groups -OCH3 is 1. The van der Waals surface area contributed by atoms with Gasteiger partial charge in [-0.05, 0) is 31.4 Å². The van der Waals surface area contributed by atoms with Gasteiger partial charge in [-0.1, -0.05) is 35.3 Å². The molecular weight excluding hydrogens is 383 g/mol. The van der Waals surface area contributed by atoms with E-state index in [1.165, 1.54) is 12.0 Å². The number of benzene rings is 1.